The minimum Gasteiger partial charge on any atom is -0.351 e. The van der Waals surface area contributed by atoms with Crippen LogP contribution in [0.4, 0.5) is 18.9 Å². The Morgan fingerprint density at radius 2 is 1.55 bits per heavy atom. The van der Waals surface area contributed by atoms with E-state index in [1.165, 1.54) is 36.4 Å². The van der Waals surface area contributed by atoms with Gasteiger partial charge >= 0.3 is 6.18 Å². The number of hydrogen-bond donors (Lipinski definition) is 2. The highest BCUT2D eigenvalue weighted by molar-refractivity contribution is 6.05. The number of anilines is 1. The fourth-order valence-electron chi connectivity index (χ4n) is 2.80. The number of amides is 2. The number of likely N-dealkylation sites (N-methyl/N-ethyl adjacent to an activating group) is 1. The molecule has 29 heavy (non-hydrogen) atoms. The second-order valence-electron chi connectivity index (χ2n) is 6.36. The molecule has 0 atom stereocenters. The lowest BCUT2D eigenvalue weighted by molar-refractivity contribution is -0.137. The Bertz CT molecular complexity index is 832. The van der Waals surface area contributed by atoms with Gasteiger partial charge in [-0.25, -0.2) is 0 Å². The van der Waals surface area contributed by atoms with Gasteiger partial charge in [0.2, 0.25) is 0 Å². The Kier molecular flexibility index (Phi) is 7.78. The molecule has 2 aromatic carbocycles. The molecule has 0 aliphatic rings. The smallest absolute Gasteiger partial charge is 0.351 e. The second kappa shape index (κ2) is 10.1. The van der Waals surface area contributed by atoms with Crippen LogP contribution in [0.15, 0.2) is 48.5 Å². The number of carbonyl (C=O) groups is 2. The molecular formula is C21H24F3N3O2. The molecule has 0 bridgehead atoms. The molecule has 156 valence electrons. The fraction of sp³-hybridized carbons (Fsp3) is 0.333. The Morgan fingerprint density at radius 3 is 2.14 bits per heavy atom. The van der Waals surface area contributed by atoms with E-state index in [0.29, 0.717) is 17.8 Å². The highest BCUT2D eigenvalue weighted by Gasteiger charge is 2.34. The molecule has 2 rings (SSSR count). The summed E-state index contributed by atoms with van der Waals surface area (Å²) >= 11 is 0. The predicted molar refractivity (Wildman–Crippen MR) is 106 cm³/mol. The first-order valence-corrected chi connectivity index (χ1v) is 9.34. The van der Waals surface area contributed by atoms with Crippen molar-refractivity contribution in [1.29, 1.82) is 0 Å². The predicted octanol–water partition coefficient (Wildman–Crippen LogP) is 4.03. The van der Waals surface area contributed by atoms with Crippen molar-refractivity contribution in [2.45, 2.75) is 20.0 Å². The molecule has 8 heteroatoms. The first kappa shape index (κ1) is 22.4. The maximum atomic E-state index is 13.1. The van der Waals surface area contributed by atoms with Crippen LogP contribution in [0, 0.1) is 0 Å². The van der Waals surface area contributed by atoms with Gasteiger partial charge < -0.3 is 15.5 Å². The van der Waals surface area contributed by atoms with E-state index in [0.717, 1.165) is 31.8 Å². The number of nitrogens with one attached hydrogen (secondary N) is 2. The molecule has 0 spiro atoms. The van der Waals surface area contributed by atoms with E-state index >= 15 is 0 Å². The van der Waals surface area contributed by atoms with Crippen molar-refractivity contribution in [3.63, 3.8) is 0 Å². The molecule has 0 aromatic heterocycles. The Morgan fingerprint density at radius 1 is 0.931 bits per heavy atom. The summed E-state index contributed by atoms with van der Waals surface area (Å²) in [6.45, 7) is 7.14. The number of rotatable bonds is 8. The van der Waals surface area contributed by atoms with E-state index in [1.807, 2.05) is 13.8 Å². The summed E-state index contributed by atoms with van der Waals surface area (Å²) in [7, 11) is 0. The van der Waals surface area contributed by atoms with E-state index in [1.54, 1.807) is 0 Å². The number of alkyl halides is 3. The van der Waals surface area contributed by atoms with Crippen molar-refractivity contribution >= 4 is 17.5 Å². The third-order valence-corrected chi connectivity index (χ3v) is 4.49. The van der Waals surface area contributed by atoms with E-state index < -0.39 is 23.2 Å². The number of carbonyl (C=O) groups excluding carboxylic acids is 2. The van der Waals surface area contributed by atoms with Crippen molar-refractivity contribution < 1.29 is 22.8 Å². The van der Waals surface area contributed by atoms with Gasteiger partial charge in [0.15, 0.2) is 0 Å². The monoisotopic (exact) mass is 407 g/mol. The standard InChI is InChI=1S/C21H24F3N3O2/c1-3-27(4-2)14-13-25-19(28)15-9-11-16(12-10-15)26-20(29)17-7-5-6-8-18(17)21(22,23)24/h5-12H,3-4,13-14H2,1-2H3,(H,25,28)(H,26,29). The fourth-order valence-corrected chi connectivity index (χ4v) is 2.80. The maximum Gasteiger partial charge on any atom is 0.417 e. The van der Waals surface area contributed by atoms with Crippen LogP contribution in [0.3, 0.4) is 0 Å². The number of nitrogens with zero attached hydrogens (tertiary/aromatic N) is 1. The van der Waals surface area contributed by atoms with Crippen LogP contribution < -0.4 is 10.6 Å². The van der Waals surface area contributed by atoms with E-state index in [-0.39, 0.29) is 5.91 Å². The number of halogens is 3. The number of benzene rings is 2. The summed E-state index contributed by atoms with van der Waals surface area (Å²) in [5.74, 6) is -1.12. The Balaban J connectivity index is 1.99. The zero-order valence-electron chi connectivity index (χ0n) is 16.3. The van der Waals surface area contributed by atoms with Gasteiger partial charge in [-0.3, -0.25) is 9.59 Å². The SMILES string of the molecule is CCN(CC)CCNC(=O)c1ccc(NC(=O)c2ccccc2C(F)(F)F)cc1. The minimum atomic E-state index is -4.62. The van der Waals surface area contributed by atoms with Crippen LogP contribution >= 0.6 is 0 Å². The summed E-state index contributed by atoms with van der Waals surface area (Å²) in [5, 5.41) is 5.25. The maximum absolute atomic E-state index is 13.1. The third kappa shape index (κ3) is 6.32. The lowest BCUT2D eigenvalue weighted by Crippen LogP contribution is -2.34. The molecule has 0 saturated carbocycles. The van der Waals surface area contributed by atoms with Crippen LogP contribution in [0.1, 0.15) is 40.1 Å². The van der Waals surface area contributed by atoms with Gasteiger partial charge in [0.05, 0.1) is 11.1 Å². The second-order valence-corrected chi connectivity index (χ2v) is 6.36. The summed E-state index contributed by atoms with van der Waals surface area (Å²) in [6.07, 6.45) is -4.62. The Labute approximate surface area is 167 Å². The van der Waals surface area contributed by atoms with Gasteiger partial charge in [-0.2, -0.15) is 13.2 Å². The largest absolute Gasteiger partial charge is 0.417 e. The Hall–Kier alpha value is -2.87. The number of hydrogen-bond acceptors (Lipinski definition) is 3. The van der Waals surface area contributed by atoms with Crippen LogP contribution in [0.5, 0.6) is 0 Å². The molecule has 0 radical (unpaired) electrons. The molecule has 0 heterocycles. The van der Waals surface area contributed by atoms with E-state index in [2.05, 4.69) is 15.5 Å². The molecule has 0 unspecified atom stereocenters. The summed E-state index contributed by atoms with van der Waals surface area (Å²) in [5.41, 5.74) is -0.759. The van der Waals surface area contributed by atoms with Crippen molar-refractivity contribution in [2.75, 3.05) is 31.5 Å². The van der Waals surface area contributed by atoms with Gasteiger partial charge in [-0.1, -0.05) is 26.0 Å². The molecule has 2 N–H and O–H groups in total. The minimum absolute atomic E-state index is 0.252. The van der Waals surface area contributed by atoms with Crippen molar-refractivity contribution in [1.82, 2.24) is 10.2 Å². The van der Waals surface area contributed by atoms with Crippen molar-refractivity contribution in [2.24, 2.45) is 0 Å². The topological polar surface area (TPSA) is 61.4 Å². The normalized spacial score (nSPS) is 11.4. The lowest BCUT2D eigenvalue weighted by atomic mass is 10.1. The zero-order valence-corrected chi connectivity index (χ0v) is 16.3. The first-order chi connectivity index (χ1) is 13.8. The third-order valence-electron chi connectivity index (χ3n) is 4.49. The van der Waals surface area contributed by atoms with Crippen LogP contribution in [0.25, 0.3) is 0 Å². The molecule has 5 nitrogen and oxygen atoms in total. The van der Waals surface area contributed by atoms with E-state index in [9.17, 15) is 22.8 Å². The average molecular weight is 407 g/mol. The molecule has 0 fully saturated rings. The first-order valence-electron chi connectivity index (χ1n) is 9.34. The lowest BCUT2D eigenvalue weighted by Gasteiger charge is -2.18. The van der Waals surface area contributed by atoms with Crippen molar-refractivity contribution in [3.8, 4) is 0 Å². The molecular weight excluding hydrogens is 383 g/mol. The van der Waals surface area contributed by atoms with Gasteiger partial charge in [0.25, 0.3) is 11.8 Å². The summed E-state index contributed by atoms with van der Waals surface area (Å²) in [4.78, 5) is 26.6. The van der Waals surface area contributed by atoms with E-state index in [4.69, 9.17) is 0 Å². The quantitative estimate of drug-likeness (QED) is 0.695. The van der Waals surface area contributed by atoms with Gasteiger partial charge in [0, 0.05) is 24.3 Å². The molecule has 0 aliphatic carbocycles. The van der Waals surface area contributed by atoms with Gasteiger partial charge in [-0.05, 0) is 49.5 Å². The molecule has 0 saturated heterocycles. The highest BCUT2D eigenvalue weighted by Crippen LogP contribution is 2.32. The van der Waals surface area contributed by atoms with Gasteiger partial charge in [0.1, 0.15) is 0 Å². The van der Waals surface area contributed by atoms with Crippen LogP contribution in [0.2, 0.25) is 0 Å². The zero-order chi connectivity index (χ0) is 21.4. The summed E-state index contributed by atoms with van der Waals surface area (Å²) in [6, 6.07) is 10.6. The molecule has 0 aliphatic heterocycles. The van der Waals surface area contributed by atoms with Crippen molar-refractivity contribution in [3.05, 3.63) is 65.2 Å². The average Bonchev–Trinajstić information content (AvgIpc) is 2.71. The highest BCUT2D eigenvalue weighted by atomic mass is 19.4. The summed E-state index contributed by atoms with van der Waals surface area (Å²) < 4.78 is 39.2. The molecule has 2 amide bonds. The van der Waals surface area contributed by atoms with Crippen LogP contribution in [-0.4, -0.2) is 42.9 Å². The van der Waals surface area contributed by atoms with Gasteiger partial charge in [-0.15, -0.1) is 0 Å². The molecule has 2 aromatic rings. The van der Waals surface area contributed by atoms with Crippen LogP contribution in [-0.2, 0) is 6.18 Å².